The zero-order chi connectivity index (χ0) is 40.2. The van der Waals surface area contributed by atoms with E-state index in [-0.39, 0.29) is 0 Å². The van der Waals surface area contributed by atoms with Crippen LogP contribution in [0.2, 0.25) is 0 Å². The highest BCUT2D eigenvalue weighted by Crippen LogP contribution is 2.46. The first kappa shape index (κ1) is 34.6. The SMILES string of the molecule is [C-]#[N+]c1ccc(-c2cc(-c3nc(-c4ccccc4)nc(-c4ccccc4)n3)cc(-c3ccc(C#N)cc3)c2-n2c3ccccc3c3c4oc5ccccc5c4ccc32)cc1. The molecule has 0 saturated carbocycles. The molecule has 0 amide bonds. The third-order valence-electron chi connectivity index (χ3n) is 11.1. The molecule has 0 unspecified atom stereocenters. The summed E-state index contributed by atoms with van der Waals surface area (Å²) in [7, 11) is 0. The van der Waals surface area contributed by atoms with Gasteiger partial charge in [0.1, 0.15) is 11.2 Å². The van der Waals surface area contributed by atoms with Crippen LogP contribution in [0.4, 0.5) is 5.69 Å². The van der Waals surface area contributed by atoms with Gasteiger partial charge in [-0.1, -0.05) is 133 Å². The van der Waals surface area contributed by atoms with E-state index in [0.29, 0.717) is 28.7 Å². The van der Waals surface area contributed by atoms with Crippen LogP contribution in [0.15, 0.2) is 186 Å². The van der Waals surface area contributed by atoms with Crippen LogP contribution < -0.4 is 0 Å². The van der Waals surface area contributed by atoms with E-state index in [9.17, 15) is 5.26 Å². The number of para-hydroxylation sites is 2. The number of furan rings is 1. The monoisotopic (exact) mass is 766 g/mol. The van der Waals surface area contributed by atoms with Crippen LogP contribution in [0.3, 0.4) is 0 Å². The highest BCUT2D eigenvalue weighted by atomic mass is 16.3. The fourth-order valence-corrected chi connectivity index (χ4v) is 8.30. The Balaban J connectivity index is 1.28. The summed E-state index contributed by atoms with van der Waals surface area (Å²) in [5.41, 5.74) is 11.8. The number of fused-ring (bicyclic) bond motifs is 7. The molecule has 7 nitrogen and oxygen atoms in total. The van der Waals surface area contributed by atoms with Gasteiger partial charge in [-0.3, -0.25) is 0 Å². The molecule has 60 heavy (non-hydrogen) atoms. The molecule has 0 fully saturated rings. The molecule has 0 aliphatic rings. The number of nitrogens with zero attached hydrogens (tertiary/aromatic N) is 6. The summed E-state index contributed by atoms with van der Waals surface area (Å²) >= 11 is 0. The Kier molecular flexibility index (Phi) is 8.11. The van der Waals surface area contributed by atoms with Crippen molar-refractivity contribution in [2.75, 3.05) is 0 Å². The predicted octanol–water partition coefficient (Wildman–Crippen LogP) is 13.6. The second kappa shape index (κ2) is 14.1. The van der Waals surface area contributed by atoms with Crippen LogP contribution >= 0.6 is 0 Å². The highest BCUT2D eigenvalue weighted by Gasteiger charge is 2.25. The van der Waals surface area contributed by atoms with Crippen LogP contribution in [0.5, 0.6) is 0 Å². The Morgan fingerprint density at radius 2 is 1.05 bits per heavy atom. The Morgan fingerprint density at radius 3 is 1.67 bits per heavy atom. The van der Waals surface area contributed by atoms with E-state index in [2.05, 4.69) is 70.1 Å². The van der Waals surface area contributed by atoms with Gasteiger partial charge in [-0.15, -0.1) is 0 Å². The first-order valence-corrected chi connectivity index (χ1v) is 19.5. The molecule has 7 heteroatoms. The molecule has 0 aliphatic carbocycles. The molecule has 3 aromatic heterocycles. The molecule has 0 spiro atoms. The van der Waals surface area contributed by atoms with E-state index in [0.717, 1.165) is 88.4 Å². The van der Waals surface area contributed by atoms with Gasteiger partial charge in [0.15, 0.2) is 23.2 Å². The lowest BCUT2D eigenvalue weighted by atomic mass is 9.92. The van der Waals surface area contributed by atoms with E-state index >= 15 is 0 Å². The average Bonchev–Trinajstić information content (AvgIpc) is 3.87. The molecule has 0 atom stereocenters. The summed E-state index contributed by atoms with van der Waals surface area (Å²) in [4.78, 5) is 19.0. The third-order valence-corrected chi connectivity index (χ3v) is 11.1. The van der Waals surface area contributed by atoms with Crippen LogP contribution in [0.25, 0.3) is 111 Å². The minimum atomic E-state index is 0.509. The summed E-state index contributed by atoms with van der Waals surface area (Å²) in [5, 5.41) is 14.0. The number of rotatable bonds is 6. The van der Waals surface area contributed by atoms with Crippen molar-refractivity contribution in [1.82, 2.24) is 19.5 Å². The van der Waals surface area contributed by atoms with Crippen LogP contribution in [-0.4, -0.2) is 19.5 Å². The molecule has 0 N–H and O–H groups in total. The second-order valence-electron chi connectivity index (χ2n) is 14.6. The zero-order valence-corrected chi connectivity index (χ0v) is 31.9. The Morgan fingerprint density at radius 1 is 0.500 bits per heavy atom. The van der Waals surface area contributed by atoms with Gasteiger partial charge < -0.3 is 8.98 Å². The molecular weight excluding hydrogens is 737 g/mol. The Bertz CT molecular complexity index is 3400. The normalized spacial score (nSPS) is 11.3. The molecule has 0 aliphatic heterocycles. The summed E-state index contributed by atoms with van der Waals surface area (Å²) in [6, 6.07) is 62.8. The van der Waals surface area contributed by atoms with Gasteiger partial charge in [0.2, 0.25) is 0 Å². The third kappa shape index (κ3) is 5.69. The molecule has 0 bridgehead atoms. The number of nitriles is 1. The minimum absolute atomic E-state index is 0.509. The van der Waals surface area contributed by atoms with Gasteiger partial charge in [-0.25, -0.2) is 19.8 Å². The van der Waals surface area contributed by atoms with Gasteiger partial charge in [-0.2, -0.15) is 5.26 Å². The Hall–Kier alpha value is -8.65. The van der Waals surface area contributed by atoms with Crippen molar-refractivity contribution >= 4 is 49.4 Å². The number of hydrogen-bond acceptors (Lipinski definition) is 5. The minimum Gasteiger partial charge on any atom is -0.455 e. The van der Waals surface area contributed by atoms with Crippen molar-refractivity contribution < 1.29 is 4.42 Å². The van der Waals surface area contributed by atoms with Crippen molar-refractivity contribution in [2.24, 2.45) is 0 Å². The van der Waals surface area contributed by atoms with E-state index in [1.54, 1.807) is 0 Å². The van der Waals surface area contributed by atoms with Crippen LogP contribution in [0, 0.1) is 17.9 Å². The lowest BCUT2D eigenvalue weighted by Gasteiger charge is -2.21. The van der Waals surface area contributed by atoms with Crippen LogP contribution in [0.1, 0.15) is 5.56 Å². The van der Waals surface area contributed by atoms with E-state index in [1.165, 1.54) is 0 Å². The molecule has 11 aromatic rings. The maximum atomic E-state index is 9.84. The Labute approximate surface area is 344 Å². The summed E-state index contributed by atoms with van der Waals surface area (Å²) in [6.45, 7) is 7.74. The molecular formula is C53H30N6O. The van der Waals surface area contributed by atoms with Gasteiger partial charge in [0.05, 0.1) is 40.3 Å². The number of benzene rings is 8. The van der Waals surface area contributed by atoms with E-state index in [4.69, 9.17) is 25.9 Å². The van der Waals surface area contributed by atoms with Crippen LogP contribution in [-0.2, 0) is 0 Å². The molecule has 3 heterocycles. The first-order chi connectivity index (χ1) is 29.6. The summed E-state index contributed by atoms with van der Waals surface area (Å²) in [5.74, 6) is 1.63. The van der Waals surface area contributed by atoms with Crippen molar-refractivity contribution in [3.8, 4) is 68.2 Å². The van der Waals surface area contributed by atoms with E-state index < -0.39 is 0 Å². The molecule has 278 valence electrons. The number of hydrogen-bond donors (Lipinski definition) is 0. The summed E-state index contributed by atoms with van der Waals surface area (Å²) < 4.78 is 9.01. The number of aromatic nitrogens is 4. The van der Waals surface area contributed by atoms with E-state index in [1.807, 2.05) is 127 Å². The van der Waals surface area contributed by atoms with Crippen molar-refractivity contribution in [3.63, 3.8) is 0 Å². The topological polar surface area (TPSA) is 84.9 Å². The van der Waals surface area contributed by atoms with Crippen molar-refractivity contribution in [3.05, 3.63) is 199 Å². The fraction of sp³-hybridized carbons (Fsp3) is 0. The van der Waals surface area contributed by atoms with Gasteiger partial charge in [0, 0.05) is 44.0 Å². The zero-order valence-electron chi connectivity index (χ0n) is 31.9. The van der Waals surface area contributed by atoms with Gasteiger partial charge >= 0.3 is 0 Å². The maximum Gasteiger partial charge on any atom is 0.187 e. The lowest BCUT2D eigenvalue weighted by Crippen LogP contribution is -2.04. The van der Waals surface area contributed by atoms with Crippen molar-refractivity contribution in [2.45, 2.75) is 0 Å². The molecule has 8 aromatic carbocycles. The van der Waals surface area contributed by atoms with Crippen molar-refractivity contribution in [1.29, 1.82) is 5.26 Å². The molecule has 0 saturated heterocycles. The average molecular weight is 767 g/mol. The standard InChI is InChI=1S/C53H30N6O/c1-55-39-26-24-35(25-27-39)44-31-38(53-57-51(36-12-4-2-5-13-36)56-52(58-53)37-14-6-3-7-15-37)30-43(34-22-20-33(32-54)21-23-34)49(44)59-45-18-10-8-17-42(45)48-46(59)29-28-41-40-16-9-11-19-47(40)60-50(41)48/h2-31H. The lowest BCUT2D eigenvalue weighted by molar-refractivity contribution is 0.673. The largest absolute Gasteiger partial charge is 0.455 e. The summed E-state index contributed by atoms with van der Waals surface area (Å²) in [6.07, 6.45) is 0. The molecule has 0 radical (unpaired) electrons. The highest BCUT2D eigenvalue weighted by molar-refractivity contribution is 6.24. The first-order valence-electron chi connectivity index (χ1n) is 19.5. The predicted molar refractivity (Wildman–Crippen MR) is 240 cm³/mol. The fourth-order valence-electron chi connectivity index (χ4n) is 8.30. The maximum absolute atomic E-state index is 9.84. The second-order valence-corrected chi connectivity index (χ2v) is 14.6. The van der Waals surface area contributed by atoms with Gasteiger partial charge in [-0.05, 0) is 59.7 Å². The quantitative estimate of drug-likeness (QED) is 0.157. The molecule has 11 rings (SSSR count). The van der Waals surface area contributed by atoms with Gasteiger partial charge in [0.25, 0.3) is 0 Å². The smallest absolute Gasteiger partial charge is 0.187 e.